The Balaban J connectivity index is 2.40. The molecule has 17 heavy (non-hydrogen) atoms. The SMILES string of the molecule is CNCC1(c2ccccc2C)CCNC(=O)C1. The summed E-state index contributed by atoms with van der Waals surface area (Å²) in [5.74, 6) is 0.162. The van der Waals surface area contributed by atoms with Gasteiger partial charge in [-0.15, -0.1) is 0 Å². The van der Waals surface area contributed by atoms with Gasteiger partial charge in [0.25, 0.3) is 0 Å². The molecule has 2 rings (SSSR count). The molecule has 0 radical (unpaired) electrons. The fourth-order valence-electron chi connectivity index (χ4n) is 2.88. The van der Waals surface area contributed by atoms with Gasteiger partial charge in [-0.05, 0) is 31.5 Å². The molecule has 3 nitrogen and oxygen atoms in total. The molecule has 1 amide bonds. The summed E-state index contributed by atoms with van der Waals surface area (Å²) in [6.45, 7) is 3.75. The molecule has 1 fully saturated rings. The molecule has 1 unspecified atom stereocenters. The van der Waals surface area contributed by atoms with E-state index in [4.69, 9.17) is 0 Å². The van der Waals surface area contributed by atoms with Crippen molar-refractivity contribution in [1.82, 2.24) is 10.6 Å². The van der Waals surface area contributed by atoms with Crippen molar-refractivity contribution in [1.29, 1.82) is 0 Å². The number of carbonyl (C=O) groups is 1. The Morgan fingerprint density at radius 2 is 2.18 bits per heavy atom. The summed E-state index contributed by atoms with van der Waals surface area (Å²) in [6.07, 6.45) is 1.59. The van der Waals surface area contributed by atoms with Gasteiger partial charge in [0.1, 0.15) is 0 Å². The maximum atomic E-state index is 11.7. The van der Waals surface area contributed by atoms with Crippen molar-refractivity contribution >= 4 is 5.91 Å². The summed E-state index contributed by atoms with van der Waals surface area (Å²) < 4.78 is 0. The second-order valence-corrected chi connectivity index (χ2v) is 4.90. The van der Waals surface area contributed by atoms with Crippen LogP contribution in [-0.2, 0) is 10.2 Å². The fourth-order valence-corrected chi connectivity index (χ4v) is 2.88. The van der Waals surface area contributed by atoms with Gasteiger partial charge in [0.2, 0.25) is 5.91 Å². The van der Waals surface area contributed by atoms with E-state index in [1.807, 2.05) is 7.05 Å². The van der Waals surface area contributed by atoms with Crippen LogP contribution in [0.25, 0.3) is 0 Å². The zero-order chi connectivity index (χ0) is 12.3. The van der Waals surface area contributed by atoms with Gasteiger partial charge in [-0.25, -0.2) is 0 Å². The summed E-state index contributed by atoms with van der Waals surface area (Å²) in [5, 5.41) is 6.16. The first kappa shape index (κ1) is 12.1. The molecule has 1 aromatic carbocycles. The zero-order valence-corrected chi connectivity index (χ0v) is 10.5. The lowest BCUT2D eigenvalue weighted by molar-refractivity contribution is -0.124. The minimum absolute atomic E-state index is 0.0393. The van der Waals surface area contributed by atoms with Crippen LogP contribution in [-0.4, -0.2) is 26.0 Å². The number of benzene rings is 1. The standard InChI is InChI=1S/C14H20N2O/c1-11-5-3-4-6-12(11)14(10-15-2)7-8-16-13(17)9-14/h3-6,15H,7-10H2,1-2H3,(H,16,17). The predicted octanol–water partition coefficient (Wildman–Crippen LogP) is 1.36. The summed E-state index contributed by atoms with van der Waals surface area (Å²) in [7, 11) is 1.95. The van der Waals surface area contributed by atoms with Crippen LogP contribution >= 0.6 is 0 Å². The molecule has 1 aliphatic heterocycles. The Bertz CT molecular complexity index is 412. The van der Waals surface area contributed by atoms with Gasteiger partial charge >= 0.3 is 0 Å². The highest BCUT2D eigenvalue weighted by Gasteiger charge is 2.37. The number of piperidine rings is 1. The number of carbonyl (C=O) groups excluding carboxylic acids is 1. The van der Waals surface area contributed by atoms with E-state index >= 15 is 0 Å². The van der Waals surface area contributed by atoms with Gasteiger partial charge in [-0.2, -0.15) is 0 Å². The highest BCUT2D eigenvalue weighted by atomic mass is 16.1. The third-order valence-electron chi connectivity index (χ3n) is 3.66. The highest BCUT2D eigenvalue weighted by Crippen LogP contribution is 2.35. The maximum Gasteiger partial charge on any atom is 0.220 e. The van der Waals surface area contributed by atoms with Crippen LogP contribution < -0.4 is 10.6 Å². The molecular formula is C14H20N2O. The van der Waals surface area contributed by atoms with Gasteiger partial charge in [-0.3, -0.25) is 4.79 Å². The molecule has 1 aromatic rings. The number of amides is 1. The number of hydrogen-bond acceptors (Lipinski definition) is 2. The molecule has 1 heterocycles. The lowest BCUT2D eigenvalue weighted by Crippen LogP contribution is -2.48. The maximum absolute atomic E-state index is 11.7. The van der Waals surface area contributed by atoms with E-state index in [0.717, 1.165) is 19.5 Å². The third-order valence-corrected chi connectivity index (χ3v) is 3.66. The van der Waals surface area contributed by atoms with Gasteiger partial charge in [0.15, 0.2) is 0 Å². The number of likely N-dealkylation sites (N-methyl/N-ethyl adjacent to an activating group) is 1. The van der Waals surface area contributed by atoms with Crippen LogP contribution in [0.15, 0.2) is 24.3 Å². The van der Waals surface area contributed by atoms with E-state index in [-0.39, 0.29) is 11.3 Å². The summed E-state index contributed by atoms with van der Waals surface area (Å²) in [6, 6.07) is 8.39. The minimum atomic E-state index is -0.0393. The summed E-state index contributed by atoms with van der Waals surface area (Å²) in [4.78, 5) is 11.7. The van der Waals surface area contributed by atoms with E-state index < -0.39 is 0 Å². The molecule has 1 saturated heterocycles. The van der Waals surface area contributed by atoms with Crippen molar-refractivity contribution in [3.63, 3.8) is 0 Å². The number of nitrogens with one attached hydrogen (secondary N) is 2. The molecule has 0 aliphatic carbocycles. The zero-order valence-electron chi connectivity index (χ0n) is 10.5. The van der Waals surface area contributed by atoms with Crippen LogP contribution in [0, 0.1) is 6.92 Å². The molecule has 0 aromatic heterocycles. The molecule has 0 spiro atoms. The fraction of sp³-hybridized carbons (Fsp3) is 0.500. The molecular weight excluding hydrogens is 212 g/mol. The molecule has 0 saturated carbocycles. The van der Waals surface area contributed by atoms with Crippen molar-refractivity contribution in [3.05, 3.63) is 35.4 Å². The molecule has 92 valence electrons. The van der Waals surface area contributed by atoms with Gasteiger partial charge in [0, 0.05) is 24.9 Å². The second kappa shape index (κ2) is 4.88. The van der Waals surface area contributed by atoms with E-state index in [9.17, 15) is 4.79 Å². The van der Waals surface area contributed by atoms with Gasteiger partial charge in [-0.1, -0.05) is 24.3 Å². The highest BCUT2D eigenvalue weighted by molar-refractivity contribution is 5.78. The van der Waals surface area contributed by atoms with Gasteiger partial charge < -0.3 is 10.6 Å². The Kier molecular flexibility index (Phi) is 3.48. The van der Waals surface area contributed by atoms with Crippen LogP contribution in [0.2, 0.25) is 0 Å². The molecule has 0 bridgehead atoms. The van der Waals surface area contributed by atoms with E-state index in [1.54, 1.807) is 0 Å². The van der Waals surface area contributed by atoms with Crippen LogP contribution in [0.5, 0.6) is 0 Å². The normalized spacial score (nSPS) is 24.5. The predicted molar refractivity (Wildman–Crippen MR) is 69.0 cm³/mol. The van der Waals surface area contributed by atoms with Crippen molar-refractivity contribution in [2.75, 3.05) is 20.1 Å². The molecule has 3 heteroatoms. The van der Waals surface area contributed by atoms with Gasteiger partial charge in [0.05, 0.1) is 0 Å². The van der Waals surface area contributed by atoms with Crippen molar-refractivity contribution in [2.24, 2.45) is 0 Å². The number of hydrogen-bond donors (Lipinski definition) is 2. The topological polar surface area (TPSA) is 41.1 Å². The average molecular weight is 232 g/mol. The third kappa shape index (κ3) is 2.34. The summed E-state index contributed by atoms with van der Waals surface area (Å²) in [5.41, 5.74) is 2.55. The first-order valence-corrected chi connectivity index (χ1v) is 6.15. The van der Waals surface area contributed by atoms with E-state index in [2.05, 4.69) is 41.8 Å². The number of aryl methyl sites for hydroxylation is 1. The first-order chi connectivity index (χ1) is 8.18. The second-order valence-electron chi connectivity index (χ2n) is 4.90. The monoisotopic (exact) mass is 232 g/mol. The Labute approximate surface area is 103 Å². The average Bonchev–Trinajstić information content (AvgIpc) is 2.30. The van der Waals surface area contributed by atoms with Crippen molar-refractivity contribution in [3.8, 4) is 0 Å². The lowest BCUT2D eigenvalue weighted by Gasteiger charge is -2.38. The van der Waals surface area contributed by atoms with Crippen molar-refractivity contribution in [2.45, 2.75) is 25.2 Å². The first-order valence-electron chi connectivity index (χ1n) is 6.15. The van der Waals surface area contributed by atoms with E-state index in [1.165, 1.54) is 11.1 Å². The quantitative estimate of drug-likeness (QED) is 0.826. The van der Waals surface area contributed by atoms with Crippen molar-refractivity contribution < 1.29 is 4.79 Å². The van der Waals surface area contributed by atoms with Crippen LogP contribution in [0.3, 0.4) is 0 Å². The van der Waals surface area contributed by atoms with Crippen LogP contribution in [0.1, 0.15) is 24.0 Å². The Hall–Kier alpha value is -1.35. The molecule has 1 atom stereocenters. The lowest BCUT2D eigenvalue weighted by atomic mass is 9.71. The largest absolute Gasteiger partial charge is 0.356 e. The molecule has 1 aliphatic rings. The Morgan fingerprint density at radius 3 is 2.82 bits per heavy atom. The van der Waals surface area contributed by atoms with Crippen LogP contribution in [0.4, 0.5) is 0 Å². The Morgan fingerprint density at radius 1 is 1.41 bits per heavy atom. The molecule has 2 N–H and O–H groups in total. The summed E-state index contributed by atoms with van der Waals surface area (Å²) >= 11 is 0. The minimum Gasteiger partial charge on any atom is -0.356 e. The number of rotatable bonds is 3. The van der Waals surface area contributed by atoms with E-state index in [0.29, 0.717) is 6.42 Å². The smallest absolute Gasteiger partial charge is 0.220 e.